The molecule has 1 aliphatic rings. The Labute approximate surface area is 164 Å². The Balaban J connectivity index is 1.88. The topological polar surface area (TPSA) is 80.8 Å². The minimum absolute atomic E-state index is 0.0253. The number of nitrogens with zero attached hydrogens (tertiary/aromatic N) is 1. The first kappa shape index (κ1) is 20.1. The molecule has 2 aromatic rings. The molecule has 1 atom stereocenters. The molecule has 0 spiro atoms. The van der Waals surface area contributed by atoms with Crippen LogP contribution in [0.2, 0.25) is 5.02 Å². The molecule has 1 heterocycles. The van der Waals surface area contributed by atoms with Crippen LogP contribution in [0.15, 0.2) is 58.3 Å². The van der Waals surface area contributed by atoms with Crippen LogP contribution in [0.1, 0.15) is 12.8 Å². The average Bonchev–Trinajstić information content (AvgIpc) is 3.10. The summed E-state index contributed by atoms with van der Waals surface area (Å²) < 4.78 is 57.8. The highest BCUT2D eigenvalue weighted by Crippen LogP contribution is 2.32. The highest BCUT2D eigenvalue weighted by atomic mass is 35.5. The Kier molecular flexibility index (Phi) is 5.81. The van der Waals surface area contributed by atoms with Gasteiger partial charge in [0, 0.05) is 12.6 Å². The minimum atomic E-state index is -3.86. The molecule has 0 bridgehead atoms. The highest BCUT2D eigenvalue weighted by molar-refractivity contribution is 7.91. The van der Waals surface area contributed by atoms with E-state index in [1.165, 1.54) is 41.7 Å². The fourth-order valence-electron chi connectivity index (χ4n) is 3.21. The molecular weight excluding hydrogens is 410 g/mol. The van der Waals surface area contributed by atoms with E-state index in [0.29, 0.717) is 18.6 Å². The third-order valence-corrected chi connectivity index (χ3v) is 8.62. The Morgan fingerprint density at radius 2 is 1.78 bits per heavy atom. The van der Waals surface area contributed by atoms with Gasteiger partial charge in [0.05, 0.1) is 27.7 Å². The van der Waals surface area contributed by atoms with Crippen LogP contribution in [-0.4, -0.2) is 46.6 Å². The molecule has 0 aromatic heterocycles. The monoisotopic (exact) mass is 429 g/mol. The number of halogens is 1. The zero-order valence-corrected chi connectivity index (χ0v) is 17.1. The first-order chi connectivity index (χ1) is 12.8. The lowest BCUT2D eigenvalue weighted by atomic mass is 10.3. The van der Waals surface area contributed by atoms with Crippen LogP contribution in [0.3, 0.4) is 0 Å². The van der Waals surface area contributed by atoms with Crippen LogP contribution in [0.25, 0.3) is 0 Å². The van der Waals surface area contributed by atoms with Gasteiger partial charge in [-0.05, 0) is 43.2 Å². The lowest BCUT2D eigenvalue weighted by Crippen LogP contribution is -2.39. The van der Waals surface area contributed by atoms with Gasteiger partial charge < -0.3 is 4.74 Å². The lowest BCUT2D eigenvalue weighted by Gasteiger charge is -2.24. The molecule has 1 aliphatic heterocycles. The van der Waals surface area contributed by atoms with E-state index in [9.17, 15) is 16.8 Å². The maximum absolute atomic E-state index is 13.1. The van der Waals surface area contributed by atoms with Crippen molar-refractivity contribution < 1.29 is 21.6 Å². The molecule has 9 heteroatoms. The largest absolute Gasteiger partial charge is 0.495 e. The molecule has 146 valence electrons. The van der Waals surface area contributed by atoms with Gasteiger partial charge in [-0.25, -0.2) is 16.8 Å². The van der Waals surface area contributed by atoms with Crippen LogP contribution >= 0.6 is 11.6 Å². The van der Waals surface area contributed by atoms with E-state index >= 15 is 0 Å². The Bertz CT molecular complexity index is 1020. The van der Waals surface area contributed by atoms with Crippen molar-refractivity contribution in [2.45, 2.75) is 28.7 Å². The molecule has 3 rings (SSSR count). The van der Waals surface area contributed by atoms with E-state index in [0.717, 1.165) is 0 Å². The fraction of sp³-hybridized carbons (Fsp3) is 0.333. The van der Waals surface area contributed by atoms with Crippen molar-refractivity contribution >= 4 is 31.5 Å². The number of sulfone groups is 1. The van der Waals surface area contributed by atoms with E-state index in [-0.39, 0.29) is 27.1 Å². The zero-order chi connectivity index (χ0) is 19.7. The summed E-state index contributed by atoms with van der Waals surface area (Å²) in [5.74, 6) is 0.125. The summed E-state index contributed by atoms with van der Waals surface area (Å²) in [4.78, 5) is 0.221. The summed E-state index contributed by atoms with van der Waals surface area (Å²) in [7, 11) is -6.01. The molecule has 1 fully saturated rings. The molecule has 0 N–H and O–H groups in total. The number of methoxy groups -OCH3 is 1. The van der Waals surface area contributed by atoms with Gasteiger partial charge in [0.25, 0.3) is 0 Å². The molecule has 0 amide bonds. The Morgan fingerprint density at radius 3 is 2.41 bits per heavy atom. The fourth-order valence-corrected chi connectivity index (χ4v) is 6.97. The smallest absolute Gasteiger partial charge is 0.243 e. The van der Waals surface area contributed by atoms with Gasteiger partial charge in [-0.15, -0.1) is 0 Å². The number of rotatable bonds is 6. The van der Waals surface area contributed by atoms with E-state index in [2.05, 4.69) is 0 Å². The highest BCUT2D eigenvalue weighted by Gasteiger charge is 2.38. The van der Waals surface area contributed by atoms with Crippen LogP contribution in [0.5, 0.6) is 5.75 Å². The molecule has 0 aliphatic carbocycles. The van der Waals surface area contributed by atoms with Crippen molar-refractivity contribution in [2.24, 2.45) is 0 Å². The molecule has 1 saturated heterocycles. The maximum atomic E-state index is 13.1. The third kappa shape index (κ3) is 4.13. The van der Waals surface area contributed by atoms with Crippen LogP contribution < -0.4 is 4.74 Å². The van der Waals surface area contributed by atoms with Crippen molar-refractivity contribution in [3.63, 3.8) is 0 Å². The van der Waals surface area contributed by atoms with Gasteiger partial charge >= 0.3 is 0 Å². The lowest BCUT2D eigenvalue weighted by molar-refractivity contribution is 0.406. The summed E-state index contributed by atoms with van der Waals surface area (Å²) in [6.45, 7) is 0.279. The van der Waals surface area contributed by atoms with Crippen LogP contribution in [0.4, 0.5) is 0 Å². The molecule has 2 aromatic carbocycles. The summed E-state index contributed by atoms with van der Waals surface area (Å²) in [6, 6.07) is 11.7. The second-order valence-electron chi connectivity index (χ2n) is 6.30. The molecule has 0 unspecified atom stereocenters. The molecule has 0 radical (unpaired) electrons. The maximum Gasteiger partial charge on any atom is 0.243 e. The molecule has 27 heavy (non-hydrogen) atoms. The van der Waals surface area contributed by atoms with Crippen molar-refractivity contribution in [1.29, 1.82) is 0 Å². The SMILES string of the molecule is COc1ccc(S(=O)(=O)N2CCC[C@H]2CS(=O)(=O)c2ccccc2)cc1Cl. The second kappa shape index (κ2) is 7.79. The first-order valence-electron chi connectivity index (χ1n) is 8.39. The Morgan fingerprint density at radius 1 is 1.07 bits per heavy atom. The molecular formula is C18H20ClNO5S2. The second-order valence-corrected chi connectivity index (χ2v) is 10.6. The van der Waals surface area contributed by atoms with Gasteiger partial charge in [-0.3, -0.25) is 0 Å². The number of ether oxygens (including phenoxy) is 1. The third-order valence-electron chi connectivity index (χ3n) is 4.57. The van der Waals surface area contributed by atoms with E-state index in [1.54, 1.807) is 18.2 Å². The molecule has 6 nitrogen and oxygen atoms in total. The number of sulfonamides is 1. The average molecular weight is 430 g/mol. The standard InChI is InChI=1S/C18H20ClNO5S2/c1-25-18-10-9-16(12-17(18)19)27(23,24)20-11-5-6-14(20)13-26(21,22)15-7-3-2-4-8-15/h2-4,7-10,12,14H,5-6,11,13H2,1H3/t14-/m0/s1. The van der Waals surface area contributed by atoms with Gasteiger partial charge in [0.1, 0.15) is 5.75 Å². The Hall–Kier alpha value is -1.61. The zero-order valence-electron chi connectivity index (χ0n) is 14.7. The van der Waals surface area contributed by atoms with Crippen LogP contribution in [-0.2, 0) is 19.9 Å². The number of hydrogen-bond acceptors (Lipinski definition) is 5. The van der Waals surface area contributed by atoms with Gasteiger partial charge in [-0.1, -0.05) is 29.8 Å². The summed E-state index contributed by atoms with van der Waals surface area (Å²) in [6.07, 6.45) is 1.10. The predicted molar refractivity (Wildman–Crippen MR) is 103 cm³/mol. The normalized spacial score (nSPS) is 18.5. The first-order valence-corrected chi connectivity index (χ1v) is 11.9. The van der Waals surface area contributed by atoms with E-state index in [1.807, 2.05) is 0 Å². The van der Waals surface area contributed by atoms with Crippen molar-refractivity contribution in [3.8, 4) is 5.75 Å². The van der Waals surface area contributed by atoms with E-state index < -0.39 is 25.9 Å². The minimum Gasteiger partial charge on any atom is -0.495 e. The van der Waals surface area contributed by atoms with E-state index in [4.69, 9.17) is 16.3 Å². The predicted octanol–water partition coefficient (Wildman–Crippen LogP) is 2.98. The van der Waals surface area contributed by atoms with Crippen LogP contribution in [0, 0.1) is 0 Å². The number of hydrogen-bond donors (Lipinski definition) is 0. The number of benzene rings is 2. The summed E-state index contributed by atoms with van der Waals surface area (Å²) in [5, 5.41) is 0.186. The van der Waals surface area contributed by atoms with Gasteiger partial charge in [-0.2, -0.15) is 4.31 Å². The quantitative estimate of drug-likeness (QED) is 0.705. The molecule has 0 saturated carbocycles. The summed E-state index contributed by atoms with van der Waals surface area (Å²) >= 11 is 6.06. The van der Waals surface area contributed by atoms with Gasteiger partial charge in [0.2, 0.25) is 10.0 Å². The van der Waals surface area contributed by atoms with Gasteiger partial charge in [0.15, 0.2) is 9.84 Å². The van der Waals surface area contributed by atoms with Crippen molar-refractivity contribution in [1.82, 2.24) is 4.31 Å². The van der Waals surface area contributed by atoms with Crippen molar-refractivity contribution in [3.05, 3.63) is 53.6 Å². The summed E-state index contributed by atoms with van der Waals surface area (Å²) in [5.41, 5.74) is 0. The van der Waals surface area contributed by atoms with Crippen molar-refractivity contribution in [2.75, 3.05) is 19.4 Å².